The molecule has 0 aliphatic heterocycles. The number of hydrogen-bond donors (Lipinski definition) is 2. The summed E-state index contributed by atoms with van der Waals surface area (Å²) in [6, 6.07) is 0.355. The van der Waals surface area contributed by atoms with E-state index in [0.717, 1.165) is 25.7 Å². The third-order valence-electron chi connectivity index (χ3n) is 2.06. The highest BCUT2D eigenvalue weighted by Crippen LogP contribution is 2.18. The first-order valence-corrected chi connectivity index (χ1v) is 4.72. The second kappa shape index (κ2) is 6.22. The number of halogens is 1. The number of aliphatic hydroxyl groups excluding tert-OH is 1. The van der Waals surface area contributed by atoms with Gasteiger partial charge in [0, 0.05) is 6.04 Å². The van der Waals surface area contributed by atoms with Crippen molar-refractivity contribution >= 4 is 18.3 Å². The Balaban J connectivity index is 0.00000144. The summed E-state index contributed by atoms with van der Waals surface area (Å²) in [4.78, 5) is 11.1. The van der Waals surface area contributed by atoms with Gasteiger partial charge >= 0.3 is 0 Å². The first-order chi connectivity index (χ1) is 5.74. The molecule has 78 valence electrons. The molecule has 0 aromatic carbocycles. The number of carbonyl (C=O) groups excluding carboxylic acids is 1. The average molecular weight is 208 g/mol. The van der Waals surface area contributed by atoms with Crippen LogP contribution in [0, 0.1) is 0 Å². The van der Waals surface area contributed by atoms with Crippen molar-refractivity contribution in [2.45, 2.75) is 51.2 Å². The highest BCUT2D eigenvalue weighted by atomic mass is 35.5. The number of nitrogens with one attached hydrogen (secondary N) is 1. The fourth-order valence-corrected chi connectivity index (χ4v) is 1.05. The molecule has 1 unspecified atom stereocenters. The summed E-state index contributed by atoms with van der Waals surface area (Å²) in [5.41, 5.74) is 0. The van der Waals surface area contributed by atoms with E-state index in [1.807, 2.05) is 6.92 Å². The van der Waals surface area contributed by atoms with Gasteiger partial charge in [-0.05, 0) is 19.3 Å². The van der Waals surface area contributed by atoms with Gasteiger partial charge in [-0.25, -0.2) is 0 Å². The van der Waals surface area contributed by atoms with E-state index in [-0.39, 0.29) is 18.3 Å². The Kier molecular flexibility index (Phi) is 6.08. The summed E-state index contributed by atoms with van der Waals surface area (Å²) in [6.45, 7) is 2.05. The van der Waals surface area contributed by atoms with E-state index < -0.39 is 6.10 Å². The van der Waals surface area contributed by atoms with Crippen LogP contribution >= 0.6 is 12.4 Å². The lowest BCUT2D eigenvalue weighted by molar-refractivity contribution is -0.129. The summed E-state index contributed by atoms with van der Waals surface area (Å²) < 4.78 is 0. The Morgan fingerprint density at radius 2 is 2.23 bits per heavy atom. The lowest BCUT2D eigenvalue weighted by atomic mass is 10.1. The molecule has 1 saturated carbocycles. The van der Waals surface area contributed by atoms with Gasteiger partial charge in [-0.2, -0.15) is 0 Å². The van der Waals surface area contributed by atoms with Crippen molar-refractivity contribution in [1.29, 1.82) is 0 Å². The third-order valence-corrected chi connectivity index (χ3v) is 2.06. The summed E-state index contributed by atoms with van der Waals surface area (Å²) >= 11 is 0. The van der Waals surface area contributed by atoms with Crippen LogP contribution in [0.3, 0.4) is 0 Å². The van der Waals surface area contributed by atoms with Gasteiger partial charge < -0.3 is 10.4 Å². The molecule has 0 aromatic heterocycles. The second-order valence-electron chi connectivity index (χ2n) is 3.44. The maximum Gasteiger partial charge on any atom is 0.249 e. The Hall–Kier alpha value is -0.280. The van der Waals surface area contributed by atoms with E-state index in [1.54, 1.807) is 0 Å². The van der Waals surface area contributed by atoms with Crippen LogP contribution in [0.1, 0.15) is 39.0 Å². The predicted molar refractivity (Wildman–Crippen MR) is 53.9 cm³/mol. The summed E-state index contributed by atoms with van der Waals surface area (Å²) in [5, 5.41) is 12.1. The summed E-state index contributed by atoms with van der Waals surface area (Å²) in [6.07, 6.45) is 3.89. The molecule has 0 bridgehead atoms. The molecule has 1 atom stereocenters. The molecule has 1 fully saturated rings. The van der Waals surface area contributed by atoms with Crippen LogP contribution in [0.4, 0.5) is 0 Å². The van der Waals surface area contributed by atoms with E-state index in [2.05, 4.69) is 5.32 Å². The minimum absolute atomic E-state index is 0. The van der Waals surface area contributed by atoms with Crippen LogP contribution in [0.2, 0.25) is 0 Å². The summed E-state index contributed by atoms with van der Waals surface area (Å²) in [7, 11) is 0. The van der Waals surface area contributed by atoms with Crippen molar-refractivity contribution in [1.82, 2.24) is 5.32 Å². The molecule has 0 aromatic rings. The molecule has 1 amide bonds. The molecular formula is C9H18ClNO2. The molecule has 2 N–H and O–H groups in total. The third kappa shape index (κ3) is 5.11. The van der Waals surface area contributed by atoms with Crippen molar-refractivity contribution in [2.24, 2.45) is 0 Å². The molecule has 3 nitrogen and oxygen atoms in total. The lowest BCUT2D eigenvalue weighted by Crippen LogP contribution is -2.35. The Labute approximate surface area is 85.3 Å². The van der Waals surface area contributed by atoms with Gasteiger partial charge in [0.25, 0.3) is 0 Å². The molecule has 0 radical (unpaired) electrons. The Morgan fingerprint density at radius 1 is 1.62 bits per heavy atom. The van der Waals surface area contributed by atoms with Gasteiger partial charge in [0.15, 0.2) is 0 Å². The zero-order valence-corrected chi connectivity index (χ0v) is 8.77. The number of aliphatic hydroxyl groups is 1. The normalized spacial score (nSPS) is 17.4. The van der Waals surface area contributed by atoms with E-state index in [4.69, 9.17) is 0 Å². The van der Waals surface area contributed by atoms with E-state index in [9.17, 15) is 9.90 Å². The fourth-order valence-electron chi connectivity index (χ4n) is 1.05. The molecule has 4 heteroatoms. The molecular weight excluding hydrogens is 190 g/mol. The van der Waals surface area contributed by atoms with Crippen molar-refractivity contribution in [3.63, 3.8) is 0 Å². The van der Waals surface area contributed by atoms with Crippen molar-refractivity contribution in [3.05, 3.63) is 0 Å². The summed E-state index contributed by atoms with van der Waals surface area (Å²) in [5.74, 6) is -0.189. The van der Waals surface area contributed by atoms with Gasteiger partial charge in [-0.3, -0.25) is 4.79 Å². The molecule has 1 rings (SSSR count). The minimum atomic E-state index is -0.787. The fraction of sp³-hybridized carbons (Fsp3) is 0.889. The van der Waals surface area contributed by atoms with Crippen LogP contribution in [-0.2, 0) is 4.79 Å². The standard InChI is InChI=1S/C9H17NO2.ClH/c1-2-3-4-8(11)9(12)10-7-5-6-7;/h7-8,11H,2-6H2,1H3,(H,10,12);1H. The van der Waals surface area contributed by atoms with Gasteiger partial charge in [-0.1, -0.05) is 19.8 Å². The number of amides is 1. The largest absolute Gasteiger partial charge is 0.383 e. The first kappa shape index (κ1) is 12.7. The Bertz CT molecular complexity index is 160. The number of unbranched alkanes of at least 4 members (excludes halogenated alkanes) is 1. The van der Waals surface area contributed by atoms with Gasteiger partial charge in [0.05, 0.1) is 0 Å². The topological polar surface area (TPSA) is 49.3 Å². The van der Waals surface area contributed by atoms with E-state index in [0.29, 0.717) is 12.5 Å². The molecule has 13 heavy (non-hydrogen) atoms. The van der Waals surface area contributed by atoms with E-state index >= 15 is 0 Å². The molecule has 0 heterocycles. The predicted octanol–water partition coefficient (Wildman–Crippen LogP) is 1.24. The zero-order valence-electron chi connectivity index (χ0n) is 7.95. The highest BCUT2D eigenvalue weighted by molar-refractivity contribution is 5.85. The monoisotopic (exact) mass is 207 g/mol. The second-order valence-corrected chi connectivity index (χ2v) is 3.44. The van der Waals surface area contributed by atoms with Crippen LogP contribution in [0.5, 0.6) is 0 Å². The van der Waals surface area contributed by atoms with Crippen LogP contribution in [0.15, 0.2) is 0 Å². The SMILES string of the molecule is CCCCC(O)C(=O)NC1CC1.Cl. The minimum Gasteiger partial charge on any atom is -0.383 e. The van der Waals surface area contributed by atoms with Gasteiger partial charge in [-0.15, -0.1) is 12.4 Å². The zero-order chi connectivity index (χ0) is 8.97. The molecule has 0 saturated heterocycles. The van der Waals surface area contributed by atoms with Gasteiger partial charge in [0.1, 0.15) is 6.10 Å². The number of rotatable bonds is 5. The van der Waals surface area contributed by atoms with Crippen LogP contribution in [0.25, 0.3) is 0 Å². The maximum atomic E-state index is 11.1. The number of hydrogen-bond acceptors (Lipinski definition) is 2. The lowest BCUT2D eigenvalue weighted by Gasteiger charge is -2.09. The quantitative estimate of drug-likeness (QED) is 0.713. The van der Waals surface area contributed by atoms with Crippen molar-refractivity contribution in [2.75, 3.05) is 0 Å². The average Bonchev–Trinajstić information content (AvgIpc) is 2.83. The van der Waals surface area contributed by atoms with E-state index in [1.165, 1.54) is 0 Å². The smallest absolute Gasteiger partial charge is 0.249 e. The maximum absolute atomic E-state index is 11.1. The van der Waals surface area contributed by atoms with Crippen LogP contribution < -0.4 is 5.32 Å². The Morgan fingerprint density at radius 3 is 2.69 bits per heavy atom. The van der Waals surface area contributed by atoms with Crippen molar-refractivity contribution < 1.29 is 9.90 Å². The molecule has 1 aliphatic rings. The molecule has 1 aliphatic carbocycles. The number of carbonyl (C=O) groups is 1. The van der Waals surface area contributed by atoms with Crippen molar-refractivity contribution in [3.8, 4) is 0 Å². The first-order valence-electron chi connectivity index (χ1n) is 4.72. The highest BCUT2D eigenvalue weighted by Gasteiger charge is 2.25. The molecule has 0 spiro atoms. The van der Waals surface area contributed by atoms with Gasteiger partial charge in [0.2, 0.25) is 5.91 Å². The van der Waals surface area contributed by atoms with Crippen LogP contribution in [-0.4, -0.2) is 23.2 Å².